The maximum absolute atomic E-state index is 13.1. The second-order valence-corrected chi connectivity index (χ2v) is 13.1. The van der Waals surface area contributed by atoms with Crippen molar-refractivity contribution in [2.24, 2.45) is 0 Å². The summed E-state index contributed by atoms with van der Waals surface area (Å²) in [5.41, 5.74) is 6.32. The van der Waals surface area contributed by atoms with Crippen LogP contribution in [0.3, 0.4) is 0 Å². The summed E-state index contributed by atoms with van der Waals surface area (Å²) in [5, 5.41) is 0.481. The third kappa shape index (κ3) is 10.4. The summed E-state index contributed by atoms with van der Waals surface area (Å²) >= 11 is 6.61. The van der Waals surface area contributed by atoms with Crippen LogP contribution in [0.2, 0.25) is 5.02 Å². The summed E-state index contributed by atoms with van der Waals surface area (Å²) in [6, 6.07) is 30.1. The van der Waals surface area contributed by atoms with Crippen LogP contribution in [0.4, 0.5) is 4.39 Å². The lowest BCUT2D eigenvalue weighted by Gasteiger charge is -2.34. The predicted octanol–water partition coefficient (Wildman–Crippen LogP) is 8.84. The highest BCUT2D eigenvalue weighted by atomic mass is 35.5. The quantitative estimate of drug-likeness (QED) is 0.114. The number of ether oxygens (including phenoxy) is 3. The third-order valence-corrected chi connectivity index (χ3v) is 9.06. The standard InChI is InChI=1S/C42H41ClFN3O4/c1-30-3-5-34(6-4-30)29-50-38-16-17-41(45-27-38)51-40-26-39(43)35(25-31(40)2)11-18-42(48)47-22-20-46(21-23-47)28-33-9-7-32(8-10-33)19-24-49-37-14-12-36(44)13-15-37/h3-18,25-27H,19-24,28-29H2,1-2H3/b18-11+. The van der Waals surface area contributed by atoms with E-state index < -0.39 is 0 Å². The lowest BCUT2D eigenvalue weighted by Crippen LogP contribution is -2.47. The van der Waals surface area contributed by atoms with E-state index >= 15 is 0 Å². The molecule has 1 aliphatic rings. The Labute approximate surface area is 303 Å². The molecule has 5 aromatic rings. The van der Waals surface area contributed by atoms with Gasteiger partial charge in [0.15, 0.2) is 0 Å². The van der Waals surface area contributed by atoms with E-state index in [1.165, 1.54) is 28.8 Å². The monoisotopic (exact) mass is 705 g/mol. The average Bonchev–Trinajstić information content (AvgIpc) is 3.14. The summed E-state index contributed by atoms with van der Waals surface area (Å²) in [4.78, 5) is 21.7. The van der Waals surface area contributed by atoms with Gasteiger partial charge in [-0.15, -0.1) is 0 Å². The van der Waals surface area contributed by atoms with E-state index in [0.29, 0.717) is 54.5 Å². The van der Waals surface area contributed by atoms with Crippen LogP contribution in [-0.4, -0.2) is 53.5 Å². The van der Waals surface area contributed by atoms with Crippen LogP contribution in [0, 0.1) is 19.7 Å². The highest BCUT2D eigenvalue weighted by molar-refractivity contribution is 6.32. The number of carbonyl (C=O) groups excluding carboxylic acids is 1. The third-order valence-electron chi connectivity index (χ3n) is 8.74. The Morgan fingerprint density at radius 1 is 0.824 bits per heavy atom. The zero-order chi connectivity index (χ0) is 35.6. The number of carbonyl (C=O) groups is 1. The Morgan fingerprint density at radius 2 is 1.51 bits per heavy atom. The number of halogens is 2. The number of pyridine rings is 1. The van der Waals surface area contributed by atoms with Crippen molar-refractivity contribution in [2.75, 3.05) is 32.8 Å². The van der Waals surface area contributed by atoms with Gasteiger partial charge in [0.2, 0.25) is 11.8 Å². The fourth-order valence-corrected chi connectivity index (χ4v) is 5.90. The molecule has 0 bridgehead atoms. The molecule has 1 aliphatic heterocycles. The Balaban J connectivity index is 0.932. The lowest BCUT2D eigenvalue weighted by molar-refractivity contribution is -0.127. The Bertz CT molecular complexity index is 1920. The summed E-state index contributed by atoms with van der Waals surface area (Å²) in [7, 11) is 0. The van der Waals surface area contributed by atoms with Crippen molar-refractivity contribution in [3.05, 3.63) is 154 Å². The van der Waals surface area contributed by atoms with Gasteiger partial charge in [0, 0.05) is 57.4 Å². The van der Waals surface area contributed by atoms with Crippen molar-refractivity contribution < 1.29 is 23.4 Å². The van der Waals surface area contributed by atoms with Gasteiger partial charge in [-0.25, -0.2) is 9.37 Å². The van der Waals surface area contributed by atoms with Crippen LogP contribution >= 0.6 is 11.6 Å². The molecule has 1 saturated heterocycles. The molecule has 7 nitrogen and oxygen atoms in total. The van der Waals surface area contributed by atoms with Crippen LogP contribution < -0.4 is 14.2 Å². The van der Waals surface area contributed by atoms with Crippen molar-refractivity contribution >= 4 is 23.6 Å². The largest absolute Gasteiger partial charge is 0.493 e. The molecule has 262 valence electrons. The molecule has 1 fully saturated rings. The van der Waals surface area contributed by atoms with Crippen LogP contribution in [0.1, 0.15) is 33.4 Å². The minimum absolute atomic E-state index is 0.0372. The molecular formula is C42H41ClFN3O4. The summed E-state index contributed by atoms with van der Waals surface area (Å²) in [5.74, 6) is 2.02. The molecule has 0 atom stereocenters. The predicted molar refractivity (Wildman–Crippen MR) is 199 cm³/mol. The molecule has 0 N–H and O–H groups in total. The second kappa shape index (κ2) is 17.2. The molecule has 0 radical (unpaired) electrons. The number of hydrogen-bond donors (Lipinski definition) is 0. The molecule has 1 amide bonds. The van der Waals surface area contributed by atoms with Gasteiger partial charge in [-0.2, -0.15) is 0 Å². The van der Waals surface area contributed by atoms with Gasteiger partial charge in [0.25, 0.3) is 0 Å². The molecule has 4 aromatic carbocycles. The first kappa shape index (κ1) is 35.6. The summed E-state index contributed by atoms with van der Waals surface area (Å²) < 4.78 is 30.7. The van der Waals surface area contributed by atoms with Gasteiger partial charge < -0.3 is 19.1 Å². The molecule has 0 saturated carbocycles. The van der Waals surface area contributed by atoms with Gasteiger partial charge in [0.1, 0.15) is 29.7 Å². The van der Waals surface area contributed by atoms with Gasteiger partial charge in [-0.3, -0.25) is 9.69 Å². The Hall–Kier alpha value is -5.18. The Kier molecular flexibility index (Phi) is 12.0. The van der Waals surface area contributed by atoms with Crippen molar-refractivity contribution in [1.29, 1.82) is 0 Å². The second-order valence-electron chi connectivity index (χ2n) is 12.7. The van der Waals surface area contributed by atoms with E-state index in [-0.39, 0.29) is 11.7 Å². The van der Waals surface area contributed by atoms with E-state index in [1.54, 1.807) is 42.6 Å². The van der Waals surface area contributed by atoms with Gasteiger partial charge in [0.05, 0.1) is 17.8 Å². The number of hydrogen-bond acceptors (Lipinski definition) is 6. The minimum atomic E-state index is -0.272. The average molecular weight is 706 g/mol. The molecule has 51 heavy (non-hydrogen) atoms. The van der Waals surface area contributed by atoms with Crippen LogP contribution in [0.5, 0.6) is 23.1 Å². The normalized spacial score (nSPS) is 13.4. The molecule has 0 aliphatic carbocycles. The van der Waals surface area contributed by atoms with Gasteiger partial charge >= 0.3 is 0 Å². The maximum atomic E-state index is 13.1. The molecule has 1 aromatic heterocycles. The van der Waals surface area contributed by atoms with Gasteiger partial charge in [-0.05, 0) is 84.1 Å². The van der Waals surface area contributed by atoms with Gasteiger partial charge in [-0.1, -0.05) is 65.7 Å². The molecule has 6 rings (SSSR count). The van der Waals surface area contributed by atoms with Crippen molar-refractivity contribution in [3.63, 3.8) is 0 Å². The molecule has 0 spiro atoms. The van der Waals surface area contributed by atoms with E-state index in [4.69, 9.17) is 25.8 Å². The highest BCUT2D eigenvalue weighted by Crippen LogP contribution is 2.31. The molecule has 0 unspecified atom stereocenters. The zero-order valence-electron chi connectivity index (χ0n) is 28.9. The number of amides is 1. The van der Waals surface area contributed by atoms with Crippen LogP contribution in [0.15, 0.2) is 109 Å². The Morgan fingerprint density at radius 3 is 2.22 bits per heavy atom. The SMILES string of the molecule is Cc1ccc(COc2ccc(Oc3cc(Cl)c(/C=C/C(=O)N4CCN(Cc5ccc(CCOc6ccc(F)cc6)cc5)CC4)cc3C)nc2)cc1. The van der Waals surface area contributed by atoms with E-state index in [0.717, 1.165) is 42.7 Å². The first-order valence-corrected chi connectivity index (χ1v) is 17.4. The minimum Gasteiger partial charge on any atom is -0.493 e. The lowest BCUT2D eigenvalue weighted by atomic mass is 10.1. The fourth-order valence-electron chi connectivity index (χ4n) is 5.68. The number of aryl methyl sites for hydroxylation is 2. The van der Waals surface area contributed by atoms with E-state index in [2.05, 4.69) is 53.2 Å². The fraction of sp³-hybridized carbons (Fsp3) is 0.238. The maximum Gasteiger partial charge on any atom is 0.246 e. The summed E-state index contributed by atoms with van der Waals surface area (Å²) in [6.45, 7) is 8.71. The number of rotatable bonds is 13. The zero-order valence-corrected chi connectivity index (χ0v) is 29.6. The molecule has 9 heteroatoms. The number of piperazine rings is 1. The van der Waals surface area contributed by atoms with E-state index in [1.807, 2.05) is 36.1 Å². The first-order chi connectivity index (χ1) is 24.8. The van der Waals surface area contributed by atoms with Crippen LogP contribution in [0.25, 0.3) is 6.08 Å². The topological polar surface area (TPSA) is 64.1 Å². The summed E-state index contributed by atoms with van der Waals surface area (Å²) in [6.07, 6.45) is 5.76. The van der Waals surface area contributed by atoms with E-state index in [9.17, 15) is 9.18 Å². The van der Waals surface area contributed by atoms with Crippen molar-refractivity contribution in [3.8, 4) is 23.1 Å². The molecule has 2 heterocycles. The number of benzene rings is 4. The number of aromatic nitrogens is 1. The van der Waals surface area contributed by atoms with Crippen molar-refractivity contribution in [1.82, 2.24) is 14.8 Å². The first-order valence-electron chi connectivity index (χ1n) is 17.1. The van der Waals surface area contributed by atoms with Crippen LogP contribution in [-0.2, 0) is 24.4 Å². The number of nitrogens with zero attached hydrogens (tertiary/aromatic N) is 3. The highest BCUT2D eigenvalue weighted by Gasteiger charge is 2.20. The smallest absolute Gasteiger partial charge is 0.246 e. The van der Waals surface area contributed by atoms with Crippen molar-refractivity contribution in [2.45, 2.75) is 33.4 Å². The molecular weight excluding hydrogens is 665 g/mol.